The molecule has 0 bridgehead atoms. The fraction of sp³-hybridized carbons (Fsp3) is 0.222. The molecule has 1 atom stereocenters. The van der Waals surface area contributed by atoms with Crippen molar-refractivity contribution in [3.8, 4) is 6.07 Å². The van der Waals surface area contributed by atoms with Crippen LogP contribution in [0, 0.1) is 17.1 Å². The van der Waals surface area contributed by atoms with Gasteiger partial charge in [0.05, 0.1) is 11.7 Å². The van der Waals surface area contributed by atoms with Gasteiger partial charge in [-0.1, -0.05) is 6.07 Å². The topological polar surface area (TPSA) is 44.0 Å². The van der Waals surface area contributed by atoms with Crippen molar-refractivity contribution in [2.24, 2.45) is 0 Å². The average molecular weight is 165 g/mol. The molecule has 0 aliphatic carbocycles. The minimum Gasteiger partial charge on any atom is -0.389 e. The second kappa shape index (κ2) is 3.33. The van der Waals surface area contributed by atoms with E-state index in [0.717, 1.165) is 0 Å². The first kappa shape index (κ1) is 8.69. The maximum absolute atomic E-state index is 12.7. The first-order chi connectivity index (χ1) is 5.65. The highest BCUT2D eigenvalue weighted by Crippen LogP contribution is 2.15. The minimum absolute atomic E-state index is 0.0339. The summed E-state index contributed by atoms with van der Waals surface area (Å²) in [6.07, 6.45) is -0.669. The summed E-state index contributed by atoms with van der Waals surface area (Å²) in [7, 11) is 0. The molecule has 0 aromatic heterocycles. The smallest absolute Gasteiger partial charge is 0.140 e. The Hall–Kier alpha value is -1.40. The quantitative estimate of drug-likeness (QED) is 0.688. The summed E-state index contributed by atoms with van der Waals surface area (Å²) >= 11 is 0. The van der Waals surface area contributed by atoms with Gasteiger partial charge in [-0.3, -0.25) is 0 Å². The molecule has 12 heavy (non-hydrogen) atoms. The third-order valence-electron chi connectivity index (χ3n) is 1.59. The zero-order chi connectivity index (χ0) is 9.14. The number of aliphatic hydroxyl groups is 1. The summed E-state index contributed by atoms with van der Waals surface area (Å²) in [6, 6.07) is 5.69. The van der Waals surface area contributed by atoms with E-state index >= 15 is 0 Å². The Bertz CT molecular complexity index is 328. The van der Waals surface area contributed by atoms with E-state index in [9.17, 15) is 4.39 Å². The highest BCUT2D eigenvalue weighted by molar-refractivity contribution is 5.35. The van der Waals surface area contributed by atoms with Crippen molar-refractivity contribution in [2.75, 3.05) is 0 Å². The van der Waals surface area contributed by atoms with Crippen LogP contribution in [0.1, 0.15) is 24.2 Å². The van der Waals surface area contributed by atoms with Crippen LogP contribution in [-0.2, 0) is 0 Å². The van der Waals surface area contributed by atoms with Gasteiger partial charge in [0.15, 0.2) is 0 Å². The fourth-order valence-corrected chi connectivity index (χ4v) is 0.888. The van der Waals surface area contributed by atoms with Crippen LogP contribution in [0.25, 0.3) is 0 Å². The maximum Gasteiger partial charge on any atom is 0.140 e. The SMILES string of the molecule is C[C@H](O)c1ccc(F)c(C#N)c1. The molecule has 0 unspecified atom stereocenters. The number of halogens is 1. The van der Waals surface area contributed by atoms with Crippen LogP contribution in [0.5, 0.6) is 0 Å². The number of nitriles is 1. The minimum atomic E-state index is -0.669. The monoisotopic (exact) mass is 165 g/mol. The summed E-state index contributed by atoms with van der Waals surface area (Å²) in [4.78, 5) is 0. The van der Waals surface area contributed by atoms with Crippen molar-refractivity contribution in [2.45, 2.75) is 13.0 Å². The molecule has 0 saturated heterocycles. The Morgan fingerprint density at radius 3 is 2.75 bits per heavy atom. The highest BCUT2D eigenvalue weighted by atomic mass is 19.1. The molecule has 2 nitrogen and oxygen atoms in total. The summed E-state index contributed by atoms with van der Waals surface area (Å²) in [5.74, 6) is -0.554. The zero-order valence-electron chi connectivity index (χ0n) is 6.58. The van der Waals surface area contributed by atoms with Crippen molar-refractivity contribution < 1.29 is 9.50 Å². The second-order valence-electron chi connectivity index (χ2n) is 2.53. The summed E-state index contributed by atoms with van der Waals surface area (Å²) < 4.78 is 12.7. The Morgan fingerprint density at radius 2 is 2.25 bits per heavy atom. The summed E-state index contributed by atoms with van der Waals surface area (Å²) in [6.45, 7) is 1.56. The van der Waals surface area contributed by atoms with E-state index in [0.29, 0.717) is 5.56 Å². The maximum atomic E-state index is 12.7. The van der Waals surface area contributed by atoms with Gasteiger partial charge in [0, 0.05) is 0 Å². The van der Waals surface area contributed by atoms with Crippen molar-refractivity contribution in [1.29, 1.82) is 5.26 Å². The number of nitrogens with zero attached hydrogens (tertiary/aromatic N) is 1. The van der Waals surface area contributed by atoms with Crippen LogP contribution in [0.3, 0.4) is 0 Å². The first-order valence-electron chi connectivity index (χ1n) is 3.52. The lowest BCUT2D eigenvalue weighted by molar-refractivity contribution is 0.199. The fourth-order valence-electron chi connectivity index (χ4n) is 0.888. The van der Waals surface area contributed by atoms with Crippen LogP contribution in [0.4, 0.5) is 4.39 Å². The van der Waals surface area contributed by atoms with Gasteiger partial charge in [-0.15, -0.1) is 0 Å². The lowest BCUT2D eigenvalue weighted by atomic mass is 10.1. The lowest BCUT2D eigenvalue weighted by Gasteiger charge is -2.03. The molecule has 1 aromatic carbocycles. The van der Waals surface area contributed by atoms with Gasteiger partial charge in [0.2, 0.25) is 0 Å². The molecule has 1 rings (SSSR count). The number of hydrogen-bond acceptors (Lipinski definition) is 2. The van der Waals surface area contributed by atoms with Crippen LogP contribution in [0.2, 0.25) is 0 Å². The number of benzene rings is 1. The van der Waals surface area contributed by atoms with E-state index in [1.54, 1.807) is 13.0 Å². The van der Waals surface area contributed by atoms with E-state index in [1.165, 1.54) is 18.2 Å². The van der Waals surface area contributed by atoms with Gasteiger partial charge < -0.3 is 5.11 Å². The van der Waals surface area contributed by atoms with E-state index in [4.69, 9.17) is 10.4 Å². The van der Waals surface area contributed by atoms with Crippen LogP contribution in [0.15, 0.2) is 18.2 Å². The van der Waals surface area contributed by atoms with E-state index in [2.05, 4.69) is 0 Å². The Balaban J connectivity index is 3.16. The molecular weight excluding hydrogens is 157 g/mol. The average Bonchev–Trinajstić information content (AvgIpc) is 2.05. The van der Waals surface area contributed by atoms with Gasteiger partial charge in [0.1, 0.15) is 11.9 Å². The van der Waals surface area contributed by atoms with Crippen molar-refractivity contribution >= 4 is 0 Å². The molecule has 0 heterocycles. The van der Waals surface area contributed by atoms with Crippen molar-refractivity contribution in [3.63, 3.8) is 0 Å². The molecule has 0 spiro atoms. The summed E-state index contributed by atoms with van der Waals surface area (Å²) in [5.41, 5.74) is 0.515. The van der Waals surface area contributed by atoms with E-state index in [1.807, 2.05) is 0 Å². The molecule has 1 aromatic rings. The first-order valence-corrected chi connectivity index (χ1v) is 3.52. The molecule has 1 N–H and O–H groups in total. The number of aliphatic hydroxyl groups excluding tert-OH is 1. The van der Waals surface area contributed by atoms with E-state index in [-0.39, 0.29) is 5.56 Å². The molecule has 0 aliphatic rings. The van der Waals surface area contributed by atoms with Crippen LogP contribution in [-0.4, -0.2) is 5.11 Å². The standard InChI is InChI=1S/C9H8FNO/c1-6(12)7-2-3-9(10)8(4-7)5-11/h2-4,6,12H,1H3/t6-/m0/s1. The van der Waals surface area contributed by atoms with Gasteiger partial charge in [0.25, 0.3) is 0 Å². The number of rotatable bonds is 1. The van der Waals surface area contributed by atoms with Gasteiger partial charge in [-0.2, -0.15) is 5.26 Å². The number of hydrogen-bond donors (Lipinski definition) is 1. The largest absolute Gasteiger partial charge is 0.389 e. The molecule has 62 valence electrons. The van der Waals surface area contributed by atoms with Gasteiger partial charge in [-0.25, -0.2) is 4.39 Å². The molecular formula is C9H8FNO. The third kappa shape index (κ3) is 1.60. The Labute approximate surface area is 69.9 Å². The predicted molar refractivity (Wildman–Crippen MR) is 41.7 cm³/mol. The lowest BCUT2D eigenvalue weighted by Crippen LogP contribution is -1.93. The molecule has 0 radical (unpaired) electrons. The Morgan fingerprint density at radius 1 is 1.58 bits per heavy atom. The zero-order valence-corrected chi connectivity index (χ0v) is 6.58. The Kier molecular flexibility index (Phi) is 2.41. The molecule has 0 fully saturated rings. The second-order valence-corrected chi connectivity index (χ2v) is 2.53. The highest BCUT2D eigenvalue weighted by Gasteiger charge is 2.05. The van der Waals surface area contributed by atoms with Gasteiger partial charge >= 0.3 is 0 Å². The van der Waals surface area contributed by atoms with E-state index < -0.39 is 11.9 Å². The molecule has 0 amide bonds. The van der Waals surface area contributed by atoms with Crippen molar-refractivity contribution in [1.82, 2.24) is 0 Å². The van der Waals surface area contributed by atoms with Crippen LogP contribution < -0.4 is 0 Å². The van der Waals surface area contributed by atoms with Gasteiger partial charge in [-0.05, 0) is 24.6 Å². The van der Waals surface area contributed by atoms with Crippen molar-refractivity contribution in [3.05, 3.63) is 35.1 Å². The molecule has 0 aliphatic heterocycles. The molecule has 3 heteroatoms. The van der Waals surface area contributed by atoms with Crippen LogP contribution >= 0.6 is 0 Å². The normalized spacial score (nSPS) is 12.2. The molecule has 0 saturated carbocycles. The predicted octanol–water partition coefficient (Wildman–Crippen LogP) is 1.75. The summed E-state index contributed by atoms with van der Waals surface area (Å²) in [5, 5.41) is 17.6. The third-order valence-corrected chi connectivity index (χ3v) is 1.59.